The molecular formula is C11H7Cl4N7O2. The highest BCUT2D eigenvalue weighted by Crippen LogP contribution is 2.42. The molecule has 126 valence electrons. The highest BCUT2D eigenvalue weighted by atomic mass is 35.5. The van der Waals surface area contributed by atoms with Crippen molar-refractivity contribution in [3.8, 4) is 0 Å². The molecule has 9 nitrogen and oxygen atoms in total. The van der Waals surface area contributed by atoms with Crippen molar-refractivity contribution in [2.45, 2.75) is 0 Å². The van der Waals surface area contributed by atoms with Gasteiger partial charge in [-0.2, -0.15) is 15.0 Å². The number of aromatic nitrogens is 3. The number of fused-ring (bicyclic) bond motifs is 1. The van der Waals surface area contributed by atoms with E-state index in [4.69, 9.17) is 63.6 Å². The van der Waals surface area contributed by atoms with Gasteiger partial charge in [0.1, 0.15) is 0 Å². The summed E-state index contributed by atoms with van der Waals surface area (Å²) in [4.78, 5) is 33.1. The van der Waals surface area contributed by atoms with Crippen LogP contribution in [0, 0.1) is 0 Å². The molecule has 1 aliphatic rings. The predicted molar refractivity (Wildman–Crippen MR) is 91.3 cm³/mol. The predicted octanol–water partition coefficient (Wildman–Crippen LogP) is 1.80. The number of benzene rings is 1. The summed E-state index contributed by atoms with van der Waals surface area (Å²) in [6.45, 7) is 0. The number of imide groups is 1. The first kappa shape index (κ1) is 18.3. The Morgan fingerprint density at radius 2 is 0.917 bits per heavy atom. The summed E-state index contributed by atoms with van der Waals surface area (Å²) < 4.78 is 0. The first-order valence-corrected chi connectivity index (χ1v) is 7.38. The number of nitrogens with zero attached hydrogens (tertiary/aromatic N) is 3. The second-order valence-electron chi connectivity index (χ2n) is 4.20. The number of hydrogen-bond acceptors (Lipinski definition) is 8. The van der Waals surface area contributed by atoms with Crippen molar-refractivity contribution in [2.24, 2.45) is 0 Å². The van der Waals surface area contributed by atoms with Gasteiger partial charge in [-0.15, -0.1) is 0 Å². The molecule has 2 aromatic rings. The highest BCUT2D eigenvalue weighted by molar-refractivity contribution is 6.55. The van der Waals surface area contributed by atoms with E-state index in [0.29, 0.717) is 0 Å². The van der Waals surface area contributed by atoms with Crippen LogP contribution in [-0.2, 0) is 0 Å². The number of nitrogens with two attached hydrogens (primary N) is 3. The molecule has 13 heteroatoms. The Morgan fingerprint density at radius 1 is 0.625 bits per heavy atom. The molecule has 0 fully saturated rings. The summed E-state index contributed by atoms with van der Waals surface area (Å²) in [6, 6.07) is 0. The van der Waals surface area contributed by atoms with Gasteiger partial charge in [0.2, 0.25) is 17.8 Å². The van der Waals surface area contributed by atoms with E-state index < -0.39 is 11.8 Å². The van der Waals surface area contributed by atoms with Gasteiger partial charge in [0.25, 0.3) is 11.8 Å². The molecule has 1 aromatic heterocycles. The third-order valence-corrected chi connectivity index (χ3v) is 4.44. The van der Waals surface area contributed by atoms with Crippen LogP contribution in [0.3, 0.4) is 0 Å². The van der Waals surface area contributed by atoms with Crippen LogP contribution < -0.4 is 22.5 Å². The second kappa shape index (κ2) is 6.81. The fraction of sp³-hybridized carbons (Fsp3) is 0. The quantitative estimate of drug-likeness (QED) is 0.290. The summed E-state index contributed by atoms with van der Waals surface area (Å²) in [7, 11) is 0. The van der Waals surface area contributed by atoms with E-state index in [9.17, 15) is 9.59 Å². The van der Waals surface area contributed by atoms with Crippen LogP contribution in [0.15, 0.2) is 0 Å². The third kappa shape index (κ3) is 3.39. The minimum atomic E-state index is -0.625. The van der Waals surface area contributed by atoms with Crippen molar-refractivity contribution < 1.29 is 9.59 Å². The maximum Gasteiger partial charge on any atom is 0.260 e. The third-order valence-electron chi connectivity index (χ3n) is 2.64. The first-order chi connectivity index (χ1) is 11.1. The number of carbonyl (C=O) groups excluding carboxylic acids is 2. The van der Waals surface area contributed by atoms with E-state index in [0.717, 1.165) is 0 Å². The molecule has 0 atom stereocenters. The van der Waals surface area contributed by atoms with Crippen LogP contribution in [0.2, 0.25) is 20.1 Å². The molecule has 0 spiro atoms. The number of halogens is 4. The molecule has 0 aliphatic carbocycles. The van der Waals surface area contributed by atoms with Gasteiger partial charge in [-0.1, -0.05) is 46.4 Å². The Hall–Kier alpha value is -2.07. The molecule has 0 saturated carbocycles. The molecule has 2 heterocycles. The van der Waals surface area contributed by atoms with E-state index in [1.165, 1.54) is 0 Å². The molecule has 0 bridgehead atoms. The molecule has 1 aromatic carbocycles. The second-order valence-corrected chi connectivity index (χ2v) is 5.71. The van der Waals surface area contributed by atoms with Gasteiger partial charge in [0.15, 0.2) is 0 Å². The number of nitrogens with one attached hydrogen (secondary N) is 1. The lowest BCUT2D eigenvalue weighted by Crippen LogP contribution is -2.20. The zero-order valence-electron chi connectivity index (χ0n) is 11.4. The van der Waals surface area contributed by atoms with Gasteiger partial charge in [-0.25, -0.2) is 0 Å². The number of nitrogen functional groups attached to an aromatic ring is 3. The van der Waals surface area contributed by atoms with Crippen LogP contribution in [-0.4, -0.2) is 26.8 Å². The monoisotopic (exact) mass is 409 g/mol. The number of anilines is 3. The zero-order chi connectivity index (χ0) is 18.2. The lowest BCUT2D eigenvalue weighted by Gasteiger charge is -2.06. The van der Waals surface area contributed by atoms with Gasteiger partial charge >= 0.3 is 0 Å². The van der Waals surface area contributed by atoms with E-state index in [2.05, 4.69) is 20.3 Å². The number of hydrogen-bond donors (Lipinski definition) is 4. The van der Waals surface area contributed by atoms with Crippen molar-refractivity contribution >= 4 is 76.1 Å². The fourth-order valence-electron chi connectivity index (χ4n) is 1.71. The van der Waals surface area contributed by atoms with Crippen molar-refractivity contribution in [3.63, 3.8) is 0 Å². The molecule has 1 aliphatic heterocycles. The number of amides is 2. The molecule has 2 amide bonds. The Kier molecular flexibility index (Phi) is 5.19. The lowest BCUT2D eigenvalue weighted by molar-refractivity contribution is 0.0880. The van der Waals surface area contributed by atoms with Crippen molar-refractivity contribution in [2.75, 3.05) is 17.2 Å². The summed E-state index contributed by atoms with van der Waals surface area (Å²) in [5, 5.41) is 1.85. The topological polar surface area (TPSA) is 163 Å². The van der Waals surface area contributed by atoms with Crippen molar-refractivity contribution in [3.05, 3.63) is 31.2 Å². The van der Waals surface area contributed by atoms with Crippen LogP contribution in [0.5, 0.6) is 0 Å². The highest BCUT2D eigenvalue weighted by Gasteiger charge is 2.35. The zero-order valence-corrected chi connectivity index (χ0v) is 14.4. The van der Waals surface area contributed by atoms with Gasteiger partial charge < -0.3 is 17.2 Å². The maximum atomic E-state index is 11.3. The van der Waals surface area contributed by atoms with Gasteiger partial charge in [0, 0.05) is 0 Å². The molecule has 0 unspecified atom stereocenters. The van der Waals surface area contributed by atoms with Crippen LogP contribution in [0.4, 0.5) is 17.8 Å². The van der Waals surface area contributed by atoms with Crippen LogP contribution >= 0.6 is 46.4 Å². The Balaban J connectivity index is 0.000000198. The van der Waals surface area contributed by atoms with Gasteiger partial charge in [-0.3, -0.25) is 14.9 Å². The Morgan fingerprint density at radius 3 is 1.21 bits per heavy atom. The maximum absolute atomic E-state index is 11.3. The minimum Gasteiger partial charge on any atom is -0.368 e. The Labute approximate surface area is 154 Å². The largest absolute Gasteiger partial charge is 0.368 e. The van der Waals surface area contributed by atoms with Crippen LogP contribution in [0.25, 0.3) is 0 Å². The van der Waals surface area contributed by atoms with E-state index >= 15 is 0 Å². The normalized spacial score (nSPS) is 12.3. The first-order valence-electron chi connectivity index (χ1n) is 5.87. The summed E-state index contributed by atoms with van der Waals surface area (Å²) in [5.41, 5.74) is 15.4. The average Bonchev–Trinajstić information content (AvgIpc) is 2.76. The molecule has 0 saturated heterocycles. The molecule has 3 rings (SSSR count). The molecule has 24 heavy (non-hydrogen) atoms. The van der Waals surface area contributed by atoms with E-state index in [1.54, 1.807) is 0 Å². The smallest absolute Gasteiger partial charge is 0.260 e. The van der Waals surface area contributed by atoms with E-state index in [-0.39, 0.29) is 49.1 Å². The fourth-order valence-corrected chi connectivity index (χ4v) is 2.74. The summed E-state index contributed by atoms with van der Waals surface area (Å²) in [5.74, 6) is -1.12. The van der Waals surface area contributed by atoms with E-state index in [1.807, 2.05) is 0 Å². The van der Waals surface area contributed by atoms with Crippen molar-refractivity contribution in [1.29, 1.82) is 0 Å². The summed E-state index contributed by atoms with van der Waals surface area (Å²) in [6.07, 6.45) is 0. The average molecular weight is 411 g/mol. The molecule has 0 radical (unpaired) electrons. The number of rotatable bonds is 0. The lowest BCUT2D eigenvalue weighted by atomic mass is 10.1. The summed E-state index contributed by atoms with van der Waals surface area (Å²) >= 11 is 23.1. The SMILES string of the molecule is Nc1nc(N)nc(N)n1.O=C1NC(=O)c2c(Cl)c(Cl)c(Cl)c(Cl)c21. The number of carbonyl (C=O) groups is 2. The molecular weight excluding hydrogens is 404 g/mol. The Bertz CT molecular complexity index is 779. The van der Waals surface area contributed by atoms with Gasteiger partial charge in [-0.05, 0) is 0 Å². The van der Waals surface area contributed by atoms with Crippen LogP contribution in [0.1, 0.15) is 20.7 Å². The standard InChI is InChI=1S/C8HCl4NO2.C3H6N6/c9-3-1-2(8(15)13-7(1)14)4(10)6(12)5(3)11;4-1-7-2(5)9-3(6)8-1/h(H,13,14,15);(H6,4,5,6,7,8,9). The molecule has 7 N–H and O–H groups in total. The van der Waals surface area contributed by atoms with Gasteiger partial charge in [0.05, 0.1) is 31.2 Å². The van der Waals surface area contributed by atoms with Crippen molar-refractivity contribution in [1.82, 2.24) is 20.3 Å². The minimum absolute atomic E-state index is 0.0268.